The number of hydrogen-bond donors (Lipinski definition) is 1. The third kappa shape index (κ3) is 355. The van der Waals surface area contributed by atoms with Crippen LogP contribution in [0.3, 0.4) is 0 Å². The Morgan fingerprint density at radius 1 is 1.00 bits per heavy atom. The number of hydrogen-bond acceptors (Lipinski definition) is 2. The maximum atomic E-state index is 7.50. The SMILES string of the molecule is O[S-].[C-]#[O+].[C-]#[O+].[Fe+3].[Ni]. The van der Waals surface area contributed by atoms with Gasteiger partial charge in [0.25, 0.3) is 0 Å². The zero-order valence-electron chi connectivity index (χ0n) is 3.34. The molecule has 0 saturated heterocycles. The van der Waals surface area contributed by atoms with Crippen molar-refractivity contribution >= 4 is 12.9 Å². The third-order valence-corrected chi connectivity index (χ3v) is 0. The number of rotatable bonds is 0. The van der Waals surface area contributed by atoms with Crippen LogP contribution < -0.4 is 0 Å². The molecule has 1 radical (unpaired) electrons. The van der Waals surface area contributed by atoms with Crippen LogP contribution in [0.2, 0.25) is 0 Å². The van der Waals surface area contributed by atoms with Gasteiger partial charge in [-0.3, -0.25) is 0 Å². The fraction of sp³-hybridized carbons (Fsp3) is 0. The van der Waals surface area contributed by atoms with E-state index < -0.39 is 0 Å². The van der Waals surface area contributed by atoms with Crippen LogP contribution in [-0.4, -0.2) is 4.55 Å². The largest absolute Gasteiger partial charge is 3.00 e. The molecule has 0 amide bonds. The molecule has 0 bridgehead atoms. The van der Waals surface area contributed by atoms with E-state index in [0.717, 1.165) is 0 Å². The molecule has 0 rings (SSSR count). The molecule has 0 aromatic rings. The zero-order valence-corrected chi connectivity index (χ0v) is 6.25. The standard InChI is InChI=1S/2CO.Fe.Ni.H2OS/c2*1-2;;;1-2/h;;;;1-2H/q;;+3;;/p-1. The molecule has 0 spiro atoms. The summed E-state index contributed by atoms with van der Waals surface area (Å²) in [5.41, 5.74) is 0. The molecular formula is C2HFeNiO3S+2. The van der Waals surface area contributed by atoms with Crippen molar-refractivity contribution in [3.05, 3.63) is 13.3 Å². The molecule has 0 atom stereocenters. The normalized spacial score (nSPS) is 1.25. The molecule has 0 aromatic heterocycles. The molecule has 8 heavy (non-hydrogen) atoms. The van der Waals surface area contributed by atoms with E-state index in [0.29, 0.717) is 0 Å². The predicted molar refractivity (Wildman–Crippen MR) is 17.9 cm³/mol. The fourth-order valence-corrected chi connectivity index (χ4v) is 0. The summed E-state index contributed by atoms with van der Waals surface area (Å²) in [6.07, 6.45) is 0. The summed E-state index contributed by atoms with van der Waals surface area (Å²) in [6.45, 7) is 9.00. The van der Waals surface area contributed by atoms with Crippen LogP contribution in [0.15, 0.2) is 0 Å². The average molecular weight is 220 g/mol. The first-order valence-electron chi connectivity index (χ1n) is 0.591. The molecular weight excluding hydrogens is 219 g/mol. The van der Waals surface area contributed by atoms with Crippen LogP contribution in [0.4, 0.5) is 0 Å². The Morgan fingerprint density at radius 3 is 1.00 bits per heavy atom. The molecule has 0 aliphatic rings. The van der Waals surface area contributed by atoms with Gasteiger partial charge in [-0.1, -0.05) is 0 Å². The van der Waals surface area contributed by atoms with Crippen LogP contribution in [-0.2, 0) is 55.8 Å². The second-order valence-corrected chi connectivity index (χ2v) is 0. The van der Waals surface area contributed by atoms with Crippen molar-refractivity contribution in [3.8, 4) is 0 Å². The average Bonchev–Trinajstić information content (AvgIpc) is 1.81. The van der Waals surface area contributed by atoms with E-state index >= 15 is 0 Å². The van der Waals surface area contributed by atoms with Crippen LogP contribution >= 0.6 is 0 Å². The molecule has 0 unspecified atom stereocenters. The van der Waals surface area contributed by atoms with E-state index in [9.17, 15) is 0 Å². The van der Waals surface area contributed by atoms with Crippen molar-refractivity contribution in [1.29, 1.82) is 0 Å². The van der Waals surface area contributed by atoms with Gasteiger partial charge in [0.05, 0.1) is 0 Å². The fourth-order valence-electron chi connectivity index (χ4n) is 0. The van der Waals surface area contributed by atoms with E-state index in [-0.39, 0.29) is 33.6 Å². The van der Waals surface area contributed by atoms with Gasteiger partial charge in [-0.25, -0.2) is 0 Å². The first-order chi connectivity index (χ1) is 3.00. The van der Waals surface area contributed by atoms with Gasteiger partial charge in [0, 0.05) is 16.5 Å². The van der Waals surface area contributed by atoms with E-state index in [4.69, 9.17) is 13.9 Å². The minimum Gasteiger partial charge on any atom is 0 e. The van der Waals surface area contributed by atoms with Crippen molar-refractivity contribution in [3.63, 3.8) is 0 Å². The van der Waals surface area contributed by atoms with E-state index in [1.165, 1.54) is 0 Å². The Hall–Kier alpha value is 0.803. The van der Waals surface area contributed by atoms with Crippen molar-refractivity contribution in [2.75, 3.05) is 0 Å². The Kier molecular flexibility index (Phi) is 2590. The molecule has 0 aliphatic heterocycles. The quantitative estimate of drug-likeness (QED) is 0.268. The molecule has 6 heteroatoms. The van der Waals surface area contributed by atoms with Crippen LogP contribution in [0, 0.1) is 13.3 Å². The summed E-state index contributed by atoms with van der Waals surface area (Å²) in [7, 11) is 0. The van der Waals surface area contributed by atoms with Gasteiger partial charge in [-0.05, 0) is 0 Å². The second kappa shape index (κ2) is 560. The monoisotopic (exact) mass is 219 g/mol. The maximum absolute atomic E-state index is 7.50. The topological polar surface area (TPSA) is 60.0 Å². The minimum absolute atomic E-state index is 0. The van der Waals surface area contributed by atoms with Crippen LogP contribution in [0.1, 0.15) is 0 Å². The summed E-state index contributed by atoms with van der Waals surface area (Å²) in [6, 6.07) is 0. The Morgan fingerprint density at radius 2 is 1.00 bits per heavy atom. The van der Waals surface area contributed by atoms with E-state index in [1.54, 1.807) is 0 Å². The Balaban J connectivity index is -0.00000000500. The van der Waals surface area contributed by atoms with Crippen molar-refractivity contribution < 1.29 is 47.4 Å². The van der Waals surface area contributed by atoms with Gasteiger partial charge in [0.15, 0.2) is 0 Å². The van der Waals surface area contributed by atoms with Gasteiger partial charge in [-0.15, -0.1) is 0 Å². The third-order valence-electron chi connectivity index (χ3n) is 0. The predicted octanol–water partition coefficient (Wildman–Crippen LogP) is -0.0737. The van der Waals surface area contributed by atoms with E-state index in [2.05, 4.69) is 26.2 Å². The van der Waals surface area contributed by atoms with Gasteiger partial charge in [0.1, 0.15) is 0 Å². The van der Waals surface area contributed by atoms with Crippen molar-refractivity contribution in [1.82, 2.24) is 0 Å². The first-order valence-corrected chi connectivity index (χ1v) is 0.956. The molecule has 1 N–H and O–H groups in total. The summed E-state index contributed by atoms with van der Waals surface area (Å²) in [5, 5.41) is 0. The molecule has 0 heterocycles. The van der Waals surface area contributed by atoms with E-state index in [1.807, 2.05) is 0 Å². The molecule has 0 aromatic carbocycles. The van der Waals surface area contributed by atoms with Crippen molar-refractivity contribution in [2.24, 2.45) is 0 Å². The van der Waals surface area contributed by atoms with Gasteiger partial charge >= 0.3 is 39.7 Å². The molecule has 0 aliphatic carbocycles. The maximum Gasteiger partial charge on any atom is 3.00 e. The van der Waals surface area contributed by atoms with Crippen molar-refractivity contribution in [2.45, 2.75) is 0 Å². The second-order valence-electron chi connectivity index (χ2n) is 0. The van der Waals surface area contributed by atoms with Gasteiger partial charge < -0.3 is 17.5 Å². The van der Waals surface area contributed by atoms with Gasteiger partial charge in [0.2, 0.25) is 0 Å². The summed E-state index contributed by atoms with van der Waals surface area (Å²) in [5.74, 6) is 0. The molecule has 3 nitrogen and oxygen atoms in total. The minimum atomic E-state index is 0. The Labute approximate surface area is 73.7 Å². The summed E-state index contributed by atoms with van der Waals surface area (Å²) < 4.78 is 21.6. The van der Waals surface area contributed by atoms with Gasteiger partial charge in [-0.2, -0.15) is 0 Å². The summed E-state index contributed by atoms with van der Waals surface area (Å²) in [4.78, 5) is 0. The summed E-state index contributed by atoms with van der Waals surface area (Å²) >= 11 is 3.08. The smallest absolute Gasteiger partial charge is 0 e. The zero-order chi connectivity index (χ0) is 6.00. The molecule has 0 fully saturated rings. The first kappa shape index (κ1) is 37.1. The molecule has 49 valence electrons. The molecule has 0 saturated carbocycles. The van der Waals surface area contributed by atoms with Crippen LogP contribution in [0.25, 0.3) is 0 Å². The Bertz CT molecular complexity index is 32.8. The van der Waals surface area contributed by atoms with Crippen LogP contribution in [0.5, 0.6) is 0 Å².